The summed E-state index contributed by atoms with van der Waals surface area (Å²) in [6.45, 7) is 6.81. The fraction of sp³-hybridized carbons (Fsp3) is 0.444. The quantitative estimate of drug-likeness (QED) is 0.867. The molecule has 0 unspecified atom stereocenters. The molecule has 1 aromatic heterocycles. The number of carbonyl (C=O) groups is 1. The van der Waals surface area contributed by atoms with Crippen molar-refractivity contribution in [3.8, 4) is 0 Å². The zero-order chi connectivity index (χ0) is 16.6. The zero-order valence-electron chi connectivity index (χ0n) is 13.6. The molecule has 1 aliphatic carbocycles. The van der Waals surface area contributed by atoms with Crippen LogP contribution in [0.2, 0.25) is 0 Å². The Morgan fingerprint density at radius 2 is 2.09 bits per heavy atom. The number of aromatic nitrogens is 1. The van der Waals surface area contributed by atoms with Gasteiger partial charge in [-0.2, -0.15) is 0 Å². The number of hydrogen-bond donors (Lipinski definition) is 1. The van der Waals surface area contributed by atoms with Crippen LogP contribution in [0.15, 0.2) is 24.3 Å². The van der Waals surface area contributed by atoms with Gasteiger partial charge in [-0.15, -0.1) is 11.3 Å². The number of nitrogens with zero attached hydrogens (tertiary/aromatic N) is 1. The van der Waals surface area contributed by atoms with Crippen molar-refractivity contribution >= 4 is 22.4 Å². The van der Waals surface area contributed by atoms with Crippen LogP contribution in [0.25, 0.3) is 0 Å². The number of nitrogens with one attached hydrogen (secondary N) is 1. The molecule has 0 radical (unpaired) electrons. The molecule has 1 aliphatic rings. The second-order valence-electron chi connectivity index (χ2n) is 7.13. The number of hydrogen-bond acceptors (Lipinski definition) is 3. The lowest BCUT2D eigenvalue weighted by molar-refractivity contribution is 0.102. The summed E-state index contributed by atoms with van der Waals surface area (Å²) in [5.41, 5.74) is 1.41. The van der Waals surface area contributed by atoms with Gasteiger partial charge in [-0.3, -0.25) is 10.1 Å². The maximum Gasteiger partial charge on any atom is 0.260 e. The van der Waals surface area contributed by atoms with Gasteiger partial charge in [0.1, 0.15) is 5.82 Å². The fourth-order valence-electron chi connectivity index (χ4n) is 2.98. The van der Waals surface area contributed by atoms with Gasteiger partial charge >= 0.3 is 0 Å². The van der Waals surface area contributed by atoms with Crippen molar-refractivity contribution in [2.24, 2.45) is 11.3 Å². The third kappa shape index (κ3) is 3.44. The molecule has 0 saturated carbocycles. The number of anilines is 1. The molecule has 2 aromatic rings. The minimum atomic E-state index is -0.515. The third-order valence-electron chi connectivity index (χ3n) is 4.50. The predicted octanol–water partition coefficient (Wildman–Crippen LogP) is 4.69. The van der Waals surface area contributed by atoms with Crippen LogP contribution in [0.4, 0.5) is 9.52 Å². The molecule has 1 heterocycles. The van der Waals surface area contributed by atoms with Gasteiger partial charge in [-0.25, -0.2) is 9.37 Å². The van der Waals surface area contributed by atoms with E-state index in [0.29, 0.717) is 11.0 Å². The van der Waals surface area contributed by atoms with Crippen LogP contribution in [-0.4, -0.2) is 10.9 Å². The molecule has 1 N–H and O–H groups in total. The van der Waals surface area contributed by atoms with Crippen molar-refractivity contribution in [1.29, 1.82) is 0 Å². The predicted molar refractivity (Wildman–Crippen MR) is 91.4 cm³/mol. The summed E-state index contributed by atoms with van der Waals surface area (Å²) < 4.78 is 13.7. The van der Waals surface area contributed by atoms with Crippen molar-refractivity contribution in [2.45, 2.75) is 40.0 Å². The van der Waals surface area contributed by atoms with E-state index >= 15 is 0 Å². The Morgan fingerprint density at radius 1 is 1.35 bits per heavy atom. The Bertz CT molecular complexity index is 733. The number of fused-ring (bicyclic) bond motifs is 1. The molecule has 0 fully saturated rings. The largest absolute Gasteiger partial charge is 0.298 e. The van der Waals surface area contributed by atoms with Gasteiger partial charge in [0.2, 0.25) is 0 Å². The Labute approximate surface area is 140 Å². The van der Waals surface area contributed by atoms with Crippen LogP contribution in [0, 0.1) is 17.2 Å². The lowest BCUT2D eigenvalue weighted by Crippen LogP contribution is -2.26. The summed E-state index contributed by atoms with van der Waals surface area (Å²) in [4.78, 5) is 18.0. The standard InChI is InChI=1S/C18H21FN2OS/c1-18(2,3)11-8-9-14-15(10-11)23-17(20-14)21-16(22)12-6-4-5-7-13(12)19/h4-7,11H,8-10H2,1-3H3,(H,20,21,22)/t11-/m0/s1. The normalized spacial score (nSPS) is 17.7. The van der Waals surface area contributed by atoms with Crippen LogP contribution in [-0.2, 0) is 12.8 Å². The number of rotatable bonds is 2. The van der Waals surface area contributed by atoms with Crippen molar-refractivity contribution in [1.82, 2.24) is 4.98 Å². The molecule has 5 heteroatoms. The SMILES string of the molecule is CC(C)(C)[C@H]1CCc2nc(NC(=O)c3ccccc3F)sc2C1. The van der Waals surface area contributed by atoms with Crippen molar-refractivity contribution < 1.29 is 9.18 Å². The summed E-state index contributed by atoms with van der Waals surface area (Å²) in [7, 11) is 0. The molecule has 122 valence electrons. The van der Waals surface area contributed by atoms with Crippen molar-refractivity contribution in [3.63, 3.8) is 0 Å². The van der Waals surface area contributed by atoms with E-state index in [2.05, 4.69) is 31.1 Å². The molecule has 3 nitrogen and oxygen atoms in total. The number of benzene rings is 1. The number of thiazole rings is 1. The highest BCUT2D eigenvalue weighted by Crippen LogP contribution is 2.40. The number of halogens is 1. The van der Waals surface area contributed by atoms with E-state index in [-0.39, 0.29) is 11.0 Å². The summed E-state index contributed by atoms with van der Waals surface area (Å²) in [6.07, 6.45) is 3.08. The second kappa shape index (κ2) is 6.04. The zero-order valence-corrected chi connectivity index (χ0v) is 14.5. The Balaban J connectivity index is 1.76. The summed E-state index contributed by atoms with van der Waals surface area (Å²) in [5.74, 6) is -0.328. The average molecular weight is 332 g/mol. The molecule has 1 amide bonds. The molecule has 1 aromatic carbocycles. The van der Waals surface area contributed by atoms with Gasteiger partial charge in [-0.05, 0) is 42.7 Å². The Kier molecular flexibility index (Phi) is 4.23. The van der Waals surface area contributed by atoms with Crippen molar-refractivity contribution in [2.75, 3.05) is 5.32 Å². The van der Waals surface area contributed by atoms with Gasteiger partial charge in [0.25, 0.3) is 5.91 Å². The highest BCUT2D eigenvalue weighted by Gasteiger charge is 2.30. The van der Waals surface area contributed by atoms with E-state index in [0.717, 1.165) is 25.0 Å². The van der Waals surface area contributed by atoms with E-state index in [1.807, 2.05) is 0 Å². The minimum absolute atomic E-state index is 0.0493. The molecule has 0 saturated heterocycles. The summed E-state index contributed by atoms with van der Waals surface area (Å²) in [5, 5.41) is 3.31. The molecule has 1 atom stereocenters. The molecular weight excluding hydrogens is 311 g/mol. The van der Waals surface area contributed by atoms with E-state index in [9.17, 15) is 9.18 Å². The van der Waals surface area contributed by atoms with E-state index < -0.39 is 11.7 Å². The topological polar surface area (TPSA) is 42.0 Å². The highest BCUT2D eigenvalue weighted by molar-refractivity contribution is 7.15. The van der Waals surface area contributed by atoms with E-state index in [1.165, 1.54) is 28.3 Å². The Hall–Kier alpha value is -1.75. The lowest BCUT2D eigenvalue weighted by Gasteiger charge is -2.33. The first-order valence-corrected chi connectivity index (χ1v) is 8.70. The van der Waals surface area contributed by atoms with Crippen LogP contribution >= 0.6 is 11.3 Å². The van der Waals surface area contributed by atoms with E-state index in [4.69, 9.17) is 0 Å². The summed E-state index contributed by atoms with van der Waals surface area (Å²) >= 11 is 1.52. The molecule has 3 rings (SSSR count). The summed E-state index contributed by atoms with van der Waals surface area (Å²) in [6, 6.07) is 5.99. The monoisotopic (exact) mass is 332 g/mol. The lowest BCUT2D eigenvalue weighted by atomic mass is 9.73. The van der Waals surface area contributed by atoms with Crippen molar-refractivity contribution in [3.05, 3.63) is 46.2 Å². The minimum Gasteiger partial charge on any atom is -0.298 e. The Morgan fingerprint density at radius 3 is 2.78 bits per heavy atom. The average Bonchev–Trinajstić information content (AvgIpc) is 2.87. The fourth-order valence-corrected chi connectivity index (χ4v) is 4.06. The first-order valence-electron chi connectivity index (χ1n) is 7.89. The highest BCUT2D eigenvalue weighted by atomic mass is 32.1. The van der Waals surface area contributed by atoms with Gasteiger partial charge in [0.05, 0.1) is 11.3 Å². The van der Waals surface area contributed by atoms with Gasteiger partial charge < -0.3 is 0 Å². The smallest absolute Gasteiger partial charge is 0.260 e. The number of carbonyl (C=O) groups excluding carboxylic acids is 1. The van der Waals surface area contributed by atoms with E-state index in [1.54, 1.807) is 12.1 Å². The first-order chi connectivity index (χ1) is 10.8. The maximum atomic E-state index is 13.7. The third-order valence-corrected chi connectivity index (χ3v) is 5.54. The maximum absolute atomic E-state index is 13.7. The van der Waals surface area contributed by atoms with Crippen LogP contribution < -0.4 is 5.32 Å². The molecule has 0 spiro atoms. The molecule has 23 heavy (non-hydrogen) atoms. The van der Waals surface area contributed by atoms with Crippen LogP contribution in [0.1, 0.15) is 48.1 Å². The second-order valence-corrected chi connectivity index (χ2v) is 8.21. The number of aryl methyl sites for hydroxylation is 1. The van der Waals surface area contributed by atoms with Crippen LogP contribution in [0.5, 0.6) is 0 Å². The van der Waals surface area contributed by atoms with Crippen LogP contribution in [0.3, 0.4) is 0 Å². The van der Waals surface area contributed by atoms with Gasteiger partial charge in [-0.1, -0.05) is 32.9 Å². The molecule has 0 aliphatic heterocycles. The number of amides is 1. The van der Waals surface area contributed by atoms with Gasteiger partial charge in [0, 0.05) is 4.88 Å². The first kappa shape index (κ1) is 16.1. The molecule has 0 bridgehead atoms. The van der Waals surface area contributed by atoms with Gasteiger partial charge in [0.15, 0.2) is 5.13 Å². The molecular formula is C18H21FN2OS.